The number of rotatable bonds is 3. The second-order valence-electron chi connectivity index (χ2n) is 6.85. The summed E-state index contributed by atoms with van der Waals surface area (Å²) in [6.45, 7) is 7.95. The second kappa shape index (κ2) is 6.37. The molecule has 1 aliphatic rings. The molecule has 0 saturated carbocycles. The number of benzene rings is 1. The van der Waals surface area contributed by atoms with Crippen molar-refractivity contribution in [3.8, 4) is 28.3 Å². The van der Waals surface area contributed by atoms with Crippen molar-refractivity contribution in [2.75, 3.05) is 23.8 Å². The third-order valence-corrected chi connectivity index (χ3v) is 4.66. The van der Waals surface area contributed by atoms with Crippen molar-refractivity contribution in [1.29, 1.82) is 0 Å². The fraction of sp³-hybridized carbons (Fsp3) is 0.300. The molecule has 26 heavy (non-hydrogen) atoms. The van der Waals surface area contributed by atoms with Crippen LogP contribution in [0.2, 0.25) is 0 Å². The van der Waals surface area contributed by atoms with E-state index in [4.69, 9.17) is 10.5 Å². The third kappa shape index (κ3) is 2.87. The maximum atomic E-state index is 5.99. The quantitative estimate of drug-likeness (QED) is 0.755. The van der Waals surface area contributed by atoms with Crippen LogP contribution in [-0.4, -0.2) is 34.1 Å². The predicted molar refractivity (Wildman–Crippen MR) is 104 cm³/mol. The van der Waals surface area contributed by atoms with E-state index in [1.54, 1.807) is 6.20 Å². The Morgan fingerprint density at radius 1 is 1.19 bits per heavy atom. The molecule has 1 aromatic carbocycles. The van der Waals surface area contributed by atoms with Gasteiger partial charge in [-0.2, -0.15) is 0 Å². The number of anilines is 2. The zero-order valence-corrected chi connectivity index (χ0v) is 15.3. The van der Waals surface area contributed by atoms with Crippen LogP contribution in [0.1, 0.15) is 19.5 Å². The van der Waals surface area contributed by atoms with E-state index in [-0.39, 0.29) is 0 Å². The lowest BCUT2D eigenvalue weighted by molar-refractivity contribution is 0.303. The van der Waals surface area contributed by atoms with Crippen LogP contribution in [0, 0.1) is 6.92 Å². The van der Waals surface area contributed by atoms with Gasteiger partial charge in [0.15, 0.2) is 5.95 Å². The summed E-state index contributed by atoms with van der Waals surface area (Å²) >= 11 is 0. The highest BCUT2D eigenvalue weighted by Gasteiger charge is 2.22. The monoisotopic (exact) mass is 349 g/mol. The van der Waals surface area contributed by atoms with Gasteiger partial charge in [-0.1, -0.05) is 0 Å². The highest BCUT2D eigenvalue weighted by Crippen LogP contribution is 2.39. The summed E-state index contributed by atoms with van der Waals surface area (Å²) in [6.07, 6.45) is 1.80. The van der Waals surface area contributed by atoms with Crippen molar-refractivity contribution in [2.45, 2.75) is 26.8 Å². The summed E-state index contributed by atoms with van der Waals surface area (Å²) in [5.74, 6) is 1.32. The Morgan fingerprint density at radius 3 is 2.81 bits per heavy atom. The minimum Gasteiger partial charge on any atom is -0.490 e. The first kappa shape index (κ1) is 16.4. The Balaban J connectivity index is 1.83. The Labute approximate surface area is 153 Å². The van der Waals surface area contributed by atoms with Crippen LogP contribution in [0.4, 0.5) is 11.6 Å². The Bertz CT molecular complexity index is 947. The molecule has 0 atom stereocenters. The number of pyridine rings is 1. The van der Waals surface area contributed by atoms with E-state index in [1.165, 1.54) is 0 Å². The van der Waals surface area contributed by atoms with Crippen LogP contribution in [-0.2, 0) is 0 Å². The molecule has 0 unspecified atom stereocenters. The summed E-state index contributed by atoms with van der Waals surface area (Å²) in [6, 6.07) is 10.6. The van der Waals surface area contributed by atoms with Gasteiger partial charge in [0.05, 0.1) is 23.6 Å². The maximum Gasteiger partial charge on any atom is 0.198 e. The summed E-state index contributed by atoms with van der Waals surface area (Å²) in [7, 11) is 0. The molecule has 0 fully saturated rings. The zero-order chi connectivity index (χ0) is 18.3. The number of nitrogens with zero attached hydrogens (tertiary/aromatic N) is 3. The standard InChI is InChI=1S/C20H23N5O/c1-12(2)25-8-9-26-17-5-4-14(11-16(17)25)18-19(24-20(21)23-18)15-6-7-22-13(3)10-15/h4-7,10-12H,8-9H2,1-3H3,(H3,21,23,24). The van der Waals surface area contributed by atoms with Crippen molar-refractivity contribution in [3.05, 3.63) is 42.2 Å². The fourth-order valence-electron chi connectivity index (χ4n) is 3.43. The number of aromatic nitrogens is 3. The van der Waals surface area contributed by atoms with Gasteiger partial charge in [0.2, 0.25) is 0 Å². The first-order valence-electron chi connectivity index (χ1n) is 8.85. The molecule has 3 N–H and O–H groups in total. The molecule has 3 heterocycles. The van der Waals surface area contributed by atoms with E-state index in [1.807, 2.05) is 31.2 Å². The van der Waals surface area contributed by atoms with Crippen LogP contribution in [0.3, 0.4) is 0 Å². The van der Waals surface area contributed by atoms with Crippen LogP contribution in [0.5, 0.6) is 5.75 Å². The number of aryl methyl sites for hydroxylation is 1. The summed E-state index contributed by atoms with van der Waals surface area (Å²) in [5, 5.41) is 0. The number of fused-ring (bicyclic) bond motifs is 1. The van der Waals surface area contributed by atoms with Crippen LogP contribution >= 0.6 is 0 Å². The molecule has 0 radical (unpaired) electrons. The summed E-state index contributed by atoms with van der Waals surface area (Å²) in [4.78, 5) is 14.4. The summed E-state index contributed by atoms with van der Waals surface area (Å²) < 4.78 is 5.83. The third-order valence-electron chi connectivity index (χ3n) is 4.66. The molecule has 0 amide bonds. The van der Waals surface area contributed by atoms with Gasteiger partial charge < -0.3 is 20.4 Å². The predicted octanol–water partition coefficient (Wildman–Crippen LogP) is 3.64. The smallest absolute Gasteiger partial charge is 0.198 e. The highest BCUT2D eigenvalue weighted by atomic mass is 16.5. The first-order chi connectivity index (χ1) is 12.5. The Kier molecular flexibility index (Phi) is 4.03. The SMILES string of the molecule is Cc1cc(-c2[nH]c(N)nc2-c2ccc3c(c2)N(C(C)C)CCO3)ccn1. The average molecular weight is 349 g/mol. The van der Waals surface area contributed by atoms with E-state index in [0.29, 0.717) is 18.6 Å². The highest BCUT2D eigenvalue weighted by molar-refractivity contribution is 5.82. The van der Waals surface area contributed by atoms with Gasteiger partial charge in [-0.05, 0) is 51.1 Å². The fourth-order valence-corrected chi connectivity index (χ4v) is 3.43. The number of nitrogens with one attached hydrogen (secondary N) is 1. The molecule has 2 aromatic heterocycles. The number of nitrogens with two attached hydrogens (primary N) is 1. The van der Waals surface area contributed by atoms with Crippen molar-refractivity contribution >= 4 is 11.6 Å². The lowest BCUT2D eigenvalue weighted by Gasteiger charge is -2.34. The number of imidazole rings is 1. The largest absolute Gasteiger partial charge is 0.490 e. The normalized spacial score (nSPS) is 13.6. The molecule has 0 spiro atoms. The Hall–Kier alpha value is -3.02. The van der Waals surface area contributed by atoms with Gasteiger partial charge in [-0.3, -0.25) is 4.98 Å². The lowest BCUT2D eigenvalue weighted by atomic mass is 10.0. The molecule has 0 bridgehead atoms. The molecule has 0 saturated heterocycles. The number of aromatic amines is 1. The topological polar surface area (TPSA) is 80.1 Å². The molecular formula is C20H23N5O. The average Bonchev–Trinajstić information content (AvgIpc) is 3.02. The number of H-pyrrole nitrogens is 1. The molecule has 134 valence electrons. The zero-order valence-electron chi connectivity index (χ0n) is 15.3. The van der Waals surface area contributed by atoms with Gasteiger partial charge in [-0.25, -0.2) is 4.98 Å². The van der Waals surface area contributed by atoms with Gasteiger partial charge in [0.1, 0.15) is 12.4 Å². The lowest BCUT2D eigenvalue weighted by Crippen LogP contribution is -2.37. The molecule has 6 heteroatoms. The molecule has 1 aliphatic heterocycles. The minimum atomic E-state index is 0.402. The molecule has 3 aromatic rings. The first-order valence-corrected chi connectivity index (χ1v) is 8.85. The van der Waals surface area contributed by atoms with E-state index in [2.05, 4.69) is 39.8 Å². The van der Waals surface area contributed by atoms with Gasteiger partial charge in [0, 0.05) is 29.1 Å². The Morgan fingerprint density at radius 2 is 2.04 bits per heavy atom. The van der Waals surface area contributed by atoms with Crippen LogP contribution in [0.15, 0.2) is 36.5 Å². The van der Waals surface area contributed by atoms with E-state index < -0.39 is 0 Å². The number of hydrogen-bond donors (Lipinski definition) is 2. The van der Waals surface area contributed by atoms with E-state index >= 15 is 0 Å². The van der Waals surface area contributed by atoms with Crippen molar-refractivity contribution < 1.29 is 4.74 Å². The van der Waals surface area contributed by atoms with Crippen LogP contribution in [0.25, 0.3) is 22.5 Å². The maximum absolute atomic E-state index is 5.99. The number of hydrogen-bond acceptors (Lipinski definition) is 5. The van der Waals surface area contributed by atoms with Crippen molar-refractivity contribution in [1.82, 2.24) is 15.0 Å². The van der Waals surface area contributed by atoms with Gasteiger partial charge in [0.25, 0.3) is 0 Å². The van der Waals surface area contributed by atoms with Gasteiger partial charge in [-0.15, -0.1) is 0 Å². The van der Waals surface area contributed by atoms with Crippen molar-refractivity contribution in [2.24, 2.45) is 0 Å². The van der Waals surface area contributed by atoms with E-state index in [9.17, 15) is 0 Å². The molecule has 4 rings (SSSR count). The van der Waals surface area contributed by atoms with E-state index in [0.717, 1.165) is 46.2 Å². The minimum absolute atomic E-state index is 0.402. The molecular weight excluding hydrogens is 326 g/mol. The number of ether oxygens (including phenoxy) is 1. The second-order valence-corrected chi connectivity index (χ2v) is 6.85. The van der Waals surface area contributed by atoms with Crippen molar-refractivity contribution in [3.63, 3.8) is 0 Å². The number of nitrogen functional groups attached to an aromatic ring is 1. The van der Waals surface area contributed by atoms with Crippen LogP contribution < -0.4 is 15.4 Å². The summed E-state index contributed by atoms with van der Waals surface area (Å²) in [5.41, 5.74) is 11.8. The van der Waals surface area contributed by atoms with Gasteiger partial charge >= 0.3 is 0 Å². The molecule has 6 nitrogen and oxygen atoms in total. The molecule has 0 aliphatic carbocycles.